The van der Waals surface area contributed by atoms with Crippen molar-refractivity contribution in [2.75, 3.05) is 0 Å². The van der Waals surface area contributed by atoms with Crippen molar-refractivity contribution in [2.45, 2.75) is 18.8 Å². The maximum absolute atomic E-state index is 4.66. The summed E-state index contributed by atoms with van der Waals surface area (Å²) < 4.78 is 4.51. The number of hydrogen-bond acceptors (Lipinski definition) is 1. The lowest BCUT2D eigenvalue weighted by Gasteiger charge is -1.95. The molecule has 0 saturated heterocycles. The highest BCUT2D eigenvalue weighted by Crippen LogP contribution is 2.41. The average Bonchev–Trinajstić information content (AvgIpc) is 2.93. The lowest BCUT2D eigenvalue weighted by atomic mass is 10.3. The summed E-state index contributed by atoms with van der Waals surface area (Å²) in [6.07, 6.45) is 4.68. The Morgan fingerprint density at radius 2 is 2.29 bits per heavy atom. The van der Waals surface area contributed by atoms with Gasteiger partial charge in [0.05, 0.1) is 5.69 Å². The summed E-state index contributed by atoms with van der Waals surface area (Å²) in [5.41, 5.74) is 2.33. The van der Waals surface area contributed by atoms with E-state index in [0.29, 0.717) is 0 Å². The molecule has 0 spiro atoms. The molecule has 0 radical (unpaired) electrons. The van der Waals surface area contributed by atoms with Crippen molar-refractivity contribution in [2.24, 2.45) is 0 Å². The van der Waals surface area contributed by atoms with Crippen LogP contribution in [0.3, 0.4) is 0 Å². The minimum Gasteiger partial charge on any atom is -0.295 e. The Morgan fingerprint density at radius 3 is 3.00 bits per heavy atom. The first-order valence-electron chi connectivity index (χ1n) is 4.59. The molecule has 1 saturated carbocycles. The molecule has 1 aliphatic carbocycles. The molecule has 0 aromatic carbocycles. The van der Waals surface area contributed by atoms with Crippen LogP contribution in [-0.2, 0) is 0 Å². The minimum absolute atomic E-state index is 0.723. The summed E-state index contributed by atoms with van der Waals surface area (Å²) in [5, 5.41) is 0. The molecule has 3 rings (SSSR count). The lowest BCUT2D eigenvalue weighted by Crippen LogP contribution is -1.87. The van der Waals surface area contributed by atoms with Gasteiger partial charge in [-0.3, -0.25) is 4.40 Å². The molecule has 2 aromatic rings. The molecule has 0 unspecified atom stereocenters. The maximum Gasteiger partial charge on any atom is 0.139 e. The molecule has 0 aliphatic heterocycles. The molecule has 0 amide bonds. The smallest absolute Gasteiger partial charge is 0.139 e. The van der Waals surface area contributed by atoms with E-state index < -0.39 is 0 Å². The Balaban J connectivity index is 2.28. The van der Waals surface area contributed by atoms with Gasteiger partial charge in [0, 0.05) is 16.6 Å². The monoisotopic (exact) mass is 362 g/mol. The van der Waals surface area contributed by atoms with Crippen LogP contribution in [0, 0.1) is 3.70 Å². The van der Waals surface area contributed by atoms with Gasteiger partial charge in [-0.2, -0.15) is 0 Å². The standard InChI is InChI=1S/C10H8BrIN2/c11-7-3-4-14-8(5-7)13-9(10(14)12)6-1-2-6/h3-6H,1-2H2. The number of aromatic nitrogens is 2. The highest BCUT2D eigenvalue weighted by molar-refractivity contribution is 14.1. The predicted molar refractivity (Wildman–Crippen MR) is 67.6 cm³/mol. The van der Waals surface area contributed by atoms with E-state index in [9.17, 15) is 0 Å². The first-order valence-corrected chi connectivity index (χ1v) is 6.46. The van der Waals surface area contributed by atoms with Crippen molar-refractivity contribution < 1.29 is 0 Å². The van der Waals surface area contributed by atoms with E-state index in [-0.39, 0.29) is 0 Å². The maximum atomic E-state index is 4.66. The van der Waals surface area contributed by atoms with E-state index >= 15 is 0 Å². The topological polar surface area (TPSA) is 17.3 Å². The Bertz CT molecular complexity index is 502. The van der Waals surface area contributed by atoms with Gasteiger partial charge in [-0.15, -0.1) is 0 Å². The van der Waals surface area contributed by atoms with Gasteiger partial charge in [-0.1, -0.05) is 15.9 Å². The van der Waals surface area contributed by atoms with Gasteiger partial charge >= 0.3 is 0 Å². The van der Waals surface area contributed by atoms with E-state index in [1.165, 1.54) is 22.2 Å². The largest absolute Gasteiger partial charge is 0.295 e. The highest BCUT2D eigenvalue weighted by Gasteiger charge is 2.29. The summed E-state index contributed by atoms with van der Waals surface area (Å²) in [5.74, 6) is 0.723. The van der Waals surface area contributed by atoms with Crippen LogP contribution in [0.15, 0.2) is 22.8 Å². The number of fused-ring (bicyclic) bond motifs is 1. The van der Waals surface area contributed by atoms with E-state index in [4.69, 9.17) is 0 Å². The van der Waals surface area contributed by atoms with Crippen LogP contribution in [-0.4, -0.2) is 9.38 Å². The third-order valence-electron chi connectivity index (χ3n) is 2.52. The molecule has 1 aliphatic rings. The number of nitrogens with zero attached hydrogens (tertiary/aromatic N) is 2. The summed E-state index contributed by atoms with van der Waals surface area (Å²) in [4.78, 5) is 4.66. The minimum atomic E-state index is 0.723. The Morgan fingerprint density at radius 1 is 1.50 bits per heavy atom. The number of rotatable bonds is 1. The van der Waals surface area contributed by atoms with Crippen LogP contribution in [0.5, 0.6) is 0 Å². The second-order valence-corrected chi connectivity index (χ2v) is 5.57. The van der Waals surface area contributed by atoms with Crippen LogP contribution in [0.2, 0.25) is 0 Å². The van der Waals surface area contributed by atoms with Gasteiger partial charge < -0.3 is 0 Å². The van der Waals surface area contributed by atoms with Crippen molar-refractivity contribution in [1.29, 1.82) is 0 Å². The molecular weight excluding hydrogens is 355 g/mol. The Labute approximate surface area is 104 Å². The fourth-order valence-electron chi connectivity index (χ4n) is 1.62. The summed E-state index contributed by atoms with van der Waals surface area (Å²) in [6, 6.07) is 4.11. The fraction of sp³-hybridized carbons (Fsp3) is 0.300. The van der Waals surface area contributed by atoms with Crippen LogP contribution in [0.4, 0.5) is 0 Å². The molecule has 14 heavy (non-hydrogen) atoms. The summed E-state index contributed by atoms with van der Waals surface area (Å²) >= 11 is 5.85. The molecule has 0 N–H and O–H groups in total. The van der Waals surface area contributed by atoms with Crippen molar-refractivity contribution in [3.8, 4) is 0 Å². The van der Waals surface area contributed by atoms with Crippen molar-refractivity contribution in [1.82, 2.24) is 9.38 Å². The summed E-state index contributed by atoms with van der Waals surface area (Å²) in [6.45, 7) is 0. The second-order valence-electron chi connectivity index (χ2n) is 3.64. The van der Waals surface area contributed by atoms with E-state index in [1.807, 2.05) is 6.07 Å². The summed E-state index contributed by atoms with van der Waals surface area (Å²) in [7, 11) is 0. The van der Waals surface area contributed by atoms with Crippen molar-refractivity contribution >= 4 is 44.2 Å². The van der Waals surface area contributed by atoms with Gasteiger partial charge in [0.25, 0.3) is 0 Å². The Hall–Kier alpha value is -0.100. The Kier molecular flexibility index (Phi) is 2.09. The van der Waals surface area contributed by atoms with Gasteiger partial charge in [-0.25, -0.2) is 4.98 Å². The molecular formula is C10H8BrIN2. The average molecular weight is 363 g/mol. The molecule has 2 aromatic heterocycles. The molecule has 2 nitrogen and oxygen atoms in total. The van der Waals surface area contributed by atoms with Gasteiger partial charge in [0.1, 0.15) is 9.35 Å². The van der Waals surface area contributed by atoms with E-state index in [0.717, 1.165) is 16.0 Å². The first kappa shape index (κ1) is 9.15. The highest BCUT2D eigenvalue weighted by atomic mass is 127. The third kappa shape index (κ3) is 1.39. The first-order chi connectivity index (χ1) is 6.75. The van der Waals surface area contributed by atoms with Gasteiger partial charge in [0.15, 0.2) is 0 Å². The van der Waals surface area contributed by atoms with Crippen LogP contribution >= 0.6 is 38.5 Å². The zero-order valence-electron chi connectivity index (χ0n) is 7.37. The number of pyridine rings is 1. The predicted octanol–water partition coefficient (Wildman–Crippen LogP) is 3.58. The molecule has 1 fully saturated rings. The molecule has 2 heterocycles. The van der Waals surface area contributed by atoms with Gasteiger partial charge in [0.2, 0.25) is 0 Å². The second kappa shape index (κ2) is 3.20. The fourth-order valence-corrected chi connectivity index (χ4v) is 2.92. The number of hydrogen-bond donors (Lipinski definition) is 0. The lowest BCUT2D eigenvalue weighted by molar-refractivity contribution is 1.03. The van der Waals surface area contributed by atoms with Gasteiger partial charge in [-0.05, 0) is 47.6 Å². The third-order valence-corrected chi connectivity index (χ3v) is 4.08. The zero-order valence-corrected chi connectivity index (χ0v) is 11.1. The molecule has 0 bridgehead atoms. The van der Waals surface area contributed by atoms with Crippen LogP contribution in [0.1, 0.15) is 24.5 Å². The zero-order chi connectivity index (χ0) is 9.71. The molecule has 72 valence electrons. The van der Waals surface area contributed by atoms with Crippen molar-refractivity contribution in [3.63, 3.8) is 0 Å². The van der Waals surface area contributed by atoms with E-state index in [1.54, 1.807) is 0 Å². The quantitative estimate of drug-likeness (QED) is 0.709. The normalized spacial score (nSPS) is 16.4. The molecule has 4 heteroatoms. The van der Waals surface area contributed by atoms with Crippen LogP contribution in [0.25, 0.3) is 5.65 Å². The van der Waals surface area contributed by atoms with E-state index in [2.05, 4.69) is 60.2 Å². The molecule has 0 atom stereocenters. The SMILES string of the molecule is Brc1ccn2c(I)c(C3CC3)nc2c1. The van der Waals surface area contributed by atoms with Crippen molar-refractivity contribution in [3.05, 3.63) is 32.2 Å². The number of halogens is 2. The number of imidazole rings is 1. The van der Waals surface area contributed by atoms with Crippen LogP contribution < -0.4 is 0 Å².